The Balaban J connectivity index is 2.01. The first-order valence-corrected chi connectivity index (χ1v) is 12.4. The van der Waals surface area contributed by atoms with Gasteiger partial charge in [-0.25, -0.2) is 0 Å². The van der Waals surface area contributed by atoms with Crippen LogP contribution in [0.3, 0.4) is 0 Å². The average Bonchev–Trinajstić information content (AvgIpc) is 2.44. The van der Waals surface area contributed by atoms with Crippen molar-refractivity contribution >= 4 is 31.6 Å². The lowest BCUT2D eigenvalue weighted by atomic mass is 10.4. The van der Waals surface area contributed by atoms with Crippen LogP contribution < -0.4 is 0 Å². The number of thioether (sulfide) groups is 2. The van der Waals surface area contributed by atoms with Crippen LogP contribution in [-0.4, -0.2) is 18.7 Å². The number of rotatable bonds is 6. The fourth-order valence-corrected chi connectivity index (χ4v) is 7.70. The first kappa shape index (κ1) is 15.7. The van der Waals surface area contributed by atoms with Gasteiger partial charge in [-0.2, -0.15) is 0 Å². The summed E-state index contributed by atoms with van der Waals surface area (Å²) in [5.41, 5.74) is 0. The lowest BCUT2D eigenvalue weighted by Gasteiger charge is -2.28. The maximum absolute atomic E-state index is 2.47. The molecule has 0 bridgehead atoms. The van der Waals surface area contributed by atoms with Crippen molar-refractivity contribution in [2.45, 2.75) is 34.3 Å². The molecule has 0 heterocycles. The second kappa shape index (κ2) is 7.39. The van der Waals surface area contributed by atoms with Crippen LogP contribution in [0.25, 0.3) is 0 Å². The van der Waals surface area contributed by atoms with Gasteiger partial charge in [-0.3, -0.25) is 0 Å². The molecule has 0 spiro atoms. The standard InChI is InChI=1S/C17H22S2Si/c1-20(2,3)17(19-16-12-8-5-9-13-16)14-18-15-10-6-4-7-11-15/h4-13,17H,14H2,1-3H3. The van der Waals surface area contributed by atoms with Gasteiger partial charge in [0.25, 0.3) is 0 Å². The van der Waals surface area contributed by atoms with Gasteiger partial charge in [0.2, 0.25) is 0 Å². The highest BCUT2D eigenvalue weighted by molar-refractivity contribution is 8.04. The van der Waals surface area contributed by atoms with E-state index in [0.29, 0.717) is 0 Å². The Morgan fingerprint density at radius 2 is 1.30 bits per heavy atom. The minimum Gasteiger partial charge on any atom is -0.125 e. The van der Waals surface area contributed by atoms with Crippen molar-refractivity contribution in [3.8, 4) is 0 Å². The van der Waals surface area contributed by atoms with Gasteiger partial charge < -0.3 is 0 Å². The molecule has 3 heteroatoms. The predicted octanol–water partition coefficient (Wildman–Crippen LogP) is 5.82. The molecule has 0 saturated carbocycles. The third-order valence-corrected chi connectivity index (χ3v) is 10.4. The molecule has 1 unspecified atom stereocenters. The van der Waals surface area contributed by atoms with E-state index < -0.39 is 8.07 Å². The van der Waals surface area contributed by atoms with Gasteiger partial charge in [0.1, 0.15) is 0 Å². The minimum absolute atomic E-state index is 0.732. The van der Waals surface area contributed by atoms with E-state index in [1.165, 1.54) is 15.5 Å². The first-order valence-electron chi connectivity index (χ1n) is 6.95. The van der Waals surface area contributed by atoms with E-state index in [2.05, 4.69) is 92.1 Å². The zero-order valence-corrected chi connectivity index (χ0v) is 15.0. The van der Waals surface area contributed by atoms with Crippen LogP contribution in [0.5, 0.6) is 0 Å². The van der Waals surface area contributed by atoms with E-state index >= 15 is 0 Å². The van der Waals surface area contributed by atoms with E-state index in [1.54, 1.807) is 0 Å². The molecule has 2 rings (SSSR count). The Hall–Kier alpha value is -0.643. The quantitative estimate of drug-likeness (QED) is 0.486. The maximum Gasteiger partial charge on any atom is 0.0602 e. The lowest BCUT2D eigenvalue weighted by Crippen LogP contribution is -2.37. The Bertz CT molecular complexity index is 506. The Morgan fingerprint density at radius 1 is 0.800 bits per heavy atom. The predicted molar refractivity (Wildman–Crippen MR) is 96.6 cm³/mol. The van der Waals surface area contributed by atoms with Gasteiger partial charge in [-0.1, -0.05) is 56.0 Å². The average molecular weight is 319 g/mol. The third kappa shape index (κ3) is 5.04. The monoisotopic (exact) mass is 318 g/mol. The molecule has 2 aromatic carbocycles. The SMILES string of the molecule is C[Si](C)(C)C(CSc1ccccc1)Sc1ccccc1. The smallest absolute Gasteiger partial charge is 0.0602 e. The number of benzene rings is 2. The van der Waals surface area contributed by atoms with Crippen molar-refractivity contribution in [3.63, 3.8) is 0 Å². The molecule has 20 heavy (non-hydrogen) atoms. The van der Waals surface area contributed by atoms with E-state index in [0.717, 1.165) is 4.87 Å². The summed E-state index contributed by atoms with van der Waals surface area (Å²) in [6, 6.07) is 21.5. The summed E-state index contributed by atoms with van der Waals surface area (Å²) >= 11 is 4.04. The maximum atomic E-state index is 2.47. The summed E-state index contributed by atoms with van der Waals surface area (Å²) in [5.74, 6) is 1.19. The Labute approximate surface area is 132 Å². The molecule has 0 nitrogen and oxygen atoms in total. The van der Waals surface area contributed by atoms with Gasteiger partial charge in [0, 0.05) is 20.4 Å². The van der Waals surface area contributed by atoms with Crippen LogP contribution >= 0.6 is 23.5 Å². The number of hydrogen-bond acceptors (Lipinski definition) is 2. The van der Waals surface area contributed by atoms with Crippen molar-refractivity contribution in [1.29, 1.82) is 0 Å². The van der Waals surface area contributed by atoms with Crippen LogP contribution in [0.4, 0.5) is 0 Å². The van der Waals surface area contributed by atoms with Crippen LogP contribution in [-0.2, 0) is 0 Å². The van der Waals surface area contributed by atoms with Crippen LogP contribution in [0.2, 0.25) is 19.6 Å². The van der Waals surface area contributed by atoms with Crippen molar-refractivity contribution in [3.05, 3.63) is 60.7 Å². The molecule has 1 atom stereocenters. The van der Waals surface area contributed by atoms with Crippen LogP contribution in [0.1, 0.15) is 0 Å². The van der Waals surface area contributed by atoms with Crippen LogP contribution in [0, 0.1) is 0 Å². The second-order valence-corrected chi connectivity index (χ2v) is 14.1. The van der Waals surface area contributed by atoms with Crippen molar-refractivity contribution in [1.82, 2.24) is 0 Å². The molecule has 0 aliphatic carbocycles. The van der Waals surface area contributed by atoms with Gasteiger partial charge in [0.05, 0.1) is 8.07 Å². The summed E-state index contributed by atoms with van der Waals surface area (Å²) in [5, 5.41) is 0. The molecule has 0 aliphatic heterocycles. The topological polar surface area (TPSA) is 0 Å². The molecule has 2 aromatic rings. The fourth-order valence-electron chi connectivity index (χ4n) is 1.81. The summed E-state index contributed by atoms with van der Waals surface area (Å²) in [4.78, 5) is 3.51. The summed E-state index contributed by atoms with van der Waals surface area (Å²) in [6.07, 6.45) is 0. The third-order valence-electron chi connectivity index (χ3n) is 3.13. The molecule has 0 amide bonds. The van der Waals surface area contributed by atoms with Crippen molar-refractivity contribution in [2.75, 3.05) is 5.75 Å². The zero-order chi connectivity index (χ0) is 14.4. The minimum atomic E-state index is -1.18. The zero-order valence-electron chi connectivity index (χ0n) is 12.4. The van der Waals surface area contributed by atoms with E-state index in [1.807, 2.05) is 11.8 Å². The highest BCUT2D eigenvalue weighted by Crippen LogP contribution is 2.33. The molecular weight excluding hydrogens is 296 g/mol. The van der Waals surface area contributed by atoms with Gasteiger partial charge >= 0.3 is 0 Å². The fraction of sp³-hybridized carbons (Fsp3) is 0.294. The van der Waals surface area contributed by atoms with E-state index in [4.69, 9.17) is 0 Å². The molecule has 0 aromatic heterocycles. The first-order chi connectivity index (χ1) is 9.55. The van der Waals surface area contributed by atoms with Crippen LogP contribution in [0.15, 0.2) is 70.5 Å². The molecule has 0 N–H and O–H groups in total. The Morgan fingerprint density at radius 3 is 1.80 bits per heavy atom. The molecular formula is C17H22S2Si. The Kier molecular flexibility index (Phi) is 5.82. The molecule has 0 aliphatic rings. The summed E-state index contributed by atoms with van der Waals surface area (Å²) < 4.78 is 0. The summed E-state index contributed by atoms with van der Waals surface area (Å²) in [7, 11) is -1.18. The van der Waals surface area contributed by atoms with E-state index in [-0.39, 0.29) is 0 Å². The van der Waals surface area contributed by atoms with Gasteiger partial charge in [-0.15, -0.1) is 23.5 Å². The molecule has 0 fully saturated rings. The molecule has 0 radical (unpaired) electrons. The largest absolute Gasteiger partial charge is 0.125 e. The molecule has 0 saturated heterocycles. The highest BCUT2D eigenvalue weighted by Gasteiger charge is 2.27. The van der Waals surface area contributed by atoms with Gasteiger partial charge in [-0.05, 0) is 24.3 Å². The highest BCUT2D eigenvalue weighted by atomic mass is 32.2. The molecule has 106 valence electrons. The van der Waals surface area contributed by atoms with Gasteiger partial charge in [0.15, 0.2) is 0 Å². The number of hydrogen-bond donors (Lipinski definition) is 0. The van der Waals surface area contributed by atoms with E-state index in [9.17, 15) is 0 Å². The summed E-state index contributed by atoms with van der Waals surface area (Å²) in [6.45, 7) is 7.41. The normalized spacial score (nSPS) is 13.2. The van der Waals surface area contributed by atoms with Crippen molar-refractivity contribution in [2.24, 2.45) is 0 Å². The second-order valence-electron chi connectivity index (χ2n) is 5.91. The van der Waals surface area contributed by atoms with Crippen molar-refractivity contribution < 1.29 is 0 Å². The lowest BCUT2D eigenvalue weighted by molar-refractivity contribution is 1.28.